The highest BCUT2D eigenvalue weighted by Gasteiger charge is 2.31. The largest absolute Gasteiger partial charge is 0.334 e. The summed E-state index contributed by atoms with van der Waals surface area (Å²) in [4.78, 5) is 24.6. The molecule has 1 aliphatic heterocycles. The summed E-state index contributed by atoms with van der Waals surface area (Å²) in [6.45, 7) is 1.72. The van der Waals surface area contributed by atoms with Crippen molar-refractivity contribution >= 4 is 5.65 Å². The van der Waals surface area contributed by atoms with E-state index in [1.165, 1.54) is 30.1 Å². The van der Waals surface area contributed by atoms with E-state index in [0.29, 0.717) is 18.2 Å². The van der Waals surface area contributed by atoms with Gasteiger partial charge in [-0.3, -0.25) is 14.1 Å². The summed E-state index contributed by atoms with van der Waals surface area (Å²) in [5.74, 6) is 1.19. The summed E-state index contributed by atoms with van der Waals surface area (Å²) < 4.78 is 3.93. The Kier molecular flexibility index (Phi) is 4.08. The monoisotopic (exact) mass is 363 g/mol. The summed E-state index contributed by atoms with van der Waals surface area (Å²) in [6.07, 6.45) is 8.83. The standard InChI is InChI=1S/C21H25N5O/c1-24-17-8-3-2-7-16(17)23-21(24)18-9-6-11-25(18)14-15-13-20(27)26-12-5-4-10-19(26)22-15/h4-5,10,12-13,18H,2-3,6-9,11,14H2,1H3. The van der Waals surface area contributed by atoms with Gasteiger partial charge in [-0.2, -0.15) is 0 Å². The maximum Gasteiger partial charge on any atom is 0.258 e. The van der Waals surface area contributed by atoms with E-state index in [0.717, 1.165) is 37.9 Å². The van der Waals surface area contributed by atoms with Crippen LogP contribution in [0.25, 0.3) is 5.65 Å². The molecular weight excluding hydrogens is 338 g/mol. The molecule has 1 saturated heterocycles. The number of imidazole rings is 1. The Morgan fingerprint density at radius 3 is 2.93 bits per heavy atom. The molecule has 1 fully saturated rings. The number of hydrogen-bond donors (Lipinski definition) is 0. The lowest BCUT2D eigenvalue weighted by atomic mass is 10.0. The first-order valence-corrected chi connectivity index (χ1v) is 9.96. The van der Waals surface area contributed by atoms with Crippen molar-refractivity contribution in [2.45, 2.75) is 51.1 Å². The predicted octanol–water partition coefficient (Wildman–Crippen LogP) is 2.64. The van der Waals surface area contributed by atoms with Gasteiger partial charge in [-0.05, 0) is 57.2 Å². The molecule has 3 aromatic heterocycles. The molecule has 27 heavy (non-hydrogen) atoms. The quantitative estimate of drug-likeness (QED) is 0.718. The van der Waals surface area contributed by atoms with Gasteiger partial charge in [0.1, 0.15) is 11.5 Å². The van der Waals surface area contributed by atoms with Crippen LogP contribution in [0.2, 0.25) is 0 Å². The smallest absolute Gasteiger partial charge is 0.258 e. The summed E-state index contributed by atoms with van der Waals surface area (Å²) in [6, 6.07) is 7.65. The minimum absolute atomic E-state index is 0.0150. The number of likely N-dealkylation sites (tertiary alicyclic amines) is 1. The van der Waals surface area contributed by atoms with Crippen LogP contribution in [0.4, 0.5) is 0 Å². The topological polar surface area (TPSA) is 55.4 Å². The Hall–Kier alpha value is -2.47. The molecule has 1 atom stereocenters. The van der Waals surface area contributed by atoms with E-state index in [1.54, 1.807) is 16.7 Å². The van der Waals surface area contributed by atoms with Crippen molar-refractivity contribution in [3.8, 4) is 0 Å². The number of fused-ring (bicyclic) bond motifs is 2. The molecule has 6 nitrogen and oxygen atoms in total. The molecule has 2 aliphatic rings. The lowest BCUT2D eigenvalue weighted by Crippen LogP contribution is -2.27. The van der Waals surface area contributed by atoms with Crippen LogP contribution in [0.15, 0.2) is 35.3 Å². The van der Waals surface area contributed by atoms with E-state index in [1.807, 2.05) is 18.2 Å². The van der Waals surface area contributed by atoms with Gasteiger partial charge in [0.2, 0.25) is 0 Å². The number of aromatic nitrogens is 4. The van der Waals surface area contributed by atoms with Gasteiger partial charge in [-0.15, -0.1) is 0 Å². The van der Waals surface area contributed by atoms with Crippen LogP contribution in [0, 0.1) is 0 Å². The van der Waals surface area contributed by atoms with Gasteiger partial charge in [-0.25, -0.2) is 9.97 Å². The van der Waals surface area contributed by atoms with Crippen LogP contribution in [0.5, 0.6) is 0 Å². The molecule has 4 heterocycles. The van der Waals surface area contributed by atoms with Gasteiger partial charge in [0, 0.05) is 31.5 Å². The van der Waals surface area contributed by atoms with E-state index >= 15 is 0 Å². The zero-order valence-electron chi connectivity index (χ0n) is 15.8. The molecule has 0 bridgehead atoms. The van der Waals surface area contributed by atoms with Crippen molar-refractivity contribution in [1.82, 2.24) is 23.8 Å². The fourth-order valence-electron chi connectivity index (χ4n) is 4.70. The minimum Gasteiger partial charge on any atom is -0.334 e. The van der Waals surface area contributed by atoms with E-state index < -0.39 is 0 Å². The third kappa shape index (κ3) is 2.88. The van der Waals surface area contributed by atoms with E-state index in [2.05, 4.69) is 16.5 Å². The average molecular weight is 363 g/mol. The van der Waals surface area contributed by atoms with Crippen molar-refractivity contribution in [2.24, 2.45) is 7.05 Å². The van der Waals surface area contributed by atoms with Crippen LogP contribution < -0.4 is 5.56 Å². The predicted molar refractivity (Wildman–Crippen MR) is 104 cm³/mol. The number of aryl methyl sites for hydroxylation is 1. The Bertz CT molecular complexity index is 1050. The van der Waals surface area contributed by atoms with Crippen molar-refractivity contribution in [3.63, 3.8) is 0 Å². The van der Waals surface area contributed by atoms with Gasteiger partial charge >= 0.3 is 0 Å². The second-order valence-electron chi connectivity index (χ2n) is 7.77. The fourth-order valence-corrected chi connectivity index (χ4v) is 4.70. The first-order chi connectivity index (χ1) is 13.2. The molecule has 0 aromatic carbocycles. The van der Waals surface area contributed by atoms with Gasteiger partial charge in [-0.1, -0.05) is 6.07 Å². The van der Waals surface area contributed by atoms with Gasteiger partial charge < -0.3 is 4.57 Å². The van der Waals surface area contributed by atoms with Gasteiger partial charge in [0.15, 0.2) is 0 Å². The summed E-state index contributed by atoms with van der Waals surface area (Å²) in [5, 5.41) is 0. The zero-order chi connectivity index (χ0) is 18.4. The molecule has 3 aromatic rings. The van der Waals surface area contributed by atoms with E-state index in [-0.39, 0.29) is 5.56 Å². The molecule has 0 N–H and O–H groups in total. The molecule has 140 valence electrons. The molecular formula is C21H25N5O. The summed E-state index contributed by atoms with van der Waals surface area (Å²) >= 11 is 0. The molecule has 0 radical (unpaired) electrons. The minimum atomic E-state index is -0.0150. The molecule has 1 aliphatic carbocycles. The van der Waals surface area contributed by atoms with Crippen LogP contribution >= 0.6 is 0 Å². The lowest BCUT2D eigenvalue weighted by Gasteiger charge is -2.24. The van der Waals surface area contributed by atoms with E-state index in [4.69, 9.17) is 9.97 Å². The van der Waals surface area contributed by atoms with Crippen LogP contribution in [-0.2, 0) is 26.4 Å². The highest BCUT2D eigenvalue weighted by Crippen LogP contribution is 2.34. The van der Waals surface area contributed by atoms with Crippen molar-refractivity contribution in [1.29, 1.82) is 0 Å². The fraction of sp³-hybridized carbons (Fsp3) is 0.476. The normalized spacial score (nSPS) is 20.3. The second-order valence-corrected chi connectivity index (χ2v) is 7.77. The second kappa shape index (κ2) is 6.60. The third-order valence-electron chi connectivity index (χ3n) is 6.06. The number of pyridine rings is 1. The molecule has 0 spiro atoms. The van der Waals surface area contributed by atoms with E-state index in [9.17, 15) is 4.79 Å². The Morgan fingerprint density at radius 1 is 1.15 bits per heavy atom. The SMILES string of the molecule is Cn1c(C2CCCN2Cc2cc(=O)n3ccccc3n2)nc2c1CCCC2. The lowest BCUT2D eigenvalue weighted by molar-refractivity contribution is 0.233. The molecule has 1 unspecified atom stereocenters. The molecule has 5 rings (SSSR count). The maximum atomic E-state index is 12.4. The van der Waals surface area contributed by atoms with Gasteiger partial charge in [0.05, 0.1) is 17.4 Å². The maximum absolute atomic E-state index is 12.4. The number of nitrogens with zero attached hydrogens (tertiary/aromatic N) is 5. The van der Waals surface area contributed by atoms with Crippen LogP contribution in [0.1, 0.15) is 54.6 Å². The summed E-state index contributed by atoms with van der Waals surface area (Å²) in [5.41, 5.74) is 4.26. The molecule has 6 heteroatoms. The van der Waals surface area contributed by atoms with Gasteiger partial charge in [0.25, 0.3) is 5.56 Å². The highest BCUT2D eigenvalue weighted by molar-refractivity contribution is 5.38. The van der Waals surface area contributed by atoms with Crippen molar-refractivity contribution < 1.29 is 0 Å². The average Bonchev–Trinajstić information content (AvgIpc) is 3.26. The number of rotatable bonds is 3. The van der Waals surface area contributed by atoms with Crippen molar-refractivity contribution in [2.75, 3.05) is 6.54 Å². The first kappa shape index (κ1) is 16.7. The Morgan fingerprint density at radius 2 is 2.04 bits per heavy atom. The summed E-state index contributed by atoms with van der Waals surface area (Å²) in [7, 11) is 2.17. The highest BCUT2D eigenvalue weighted by atomic mass is 16.1. The first-order valence-electron chi connectivity index (χ1n) is 9.96. The Labute approximate surface area is 158 Å². The zero-order valence-corrected chi connectivity index (χ0v) is 15.8. The molecule has 0 saturated carbocycles. The third-order valence-corrected chi connectivity index (χ3v) is 6.06. The Balaban J connectivity index is 1.46. The van der Waals surface area contributed by atoms with Crippen LogP contribution in [0.3, 0.4) is 0 Å². The number of hydrogen-bond acceptors (Lipinski definition) is 4. The molecule has 0 amide bonds. The van der Waals surface area contributed by atoms with Crippen LogP contribution in [-0.4, -0.2) is 30.4 Å². The van der Waals surface area contributed by atoms with Crippen molar-refractivity contribution in [3.05, 3.63) is 63.7 Å².